The SMILES string of the molecule is O=P(O)(O)OCCC1CCCC[N]1. The van der Waals surface area contributed by atoms with E-state index in [4.69, 9.17) is 9.79 Å². The zero-order chi connectivity index (χ0) is 9.73. The monoisotopic (exact) mass is 208 g/mol. The molecule has 77 valence electrons. The molecule has 1 rings (SSSR count). The van der Waals surface area contributed by atoms with Gasteiger partial charge in [-0.15, -0.1) is 0 Å². The van der Waals surface area contributed by atoms with Crippen molar-refractivity contribution in [3.8, 4) is 0 Å². The summed E-state index contributed by atoms with van der Waals surface area (Å²) in [6, 6.07) is 0.236. The maximum atomic E-state index is 10.3. The zero-order valence-electron chi connectivity index (χ0n) is 7.43. The van der Waals surface area contributed by atoms with Gasteiger partial charge in [-0.2, -0.15) is 0 Å². The van der Waals surface area contributed by atoms with Gasteiger partial charge in [0.1, 0.15) is 0 Å². The van der Waals surface area contributed by atoms with Gasteiger partial charge >= 0.3 is 7.82 Å². The van der Waals surface area contributed by atoms with Gasteiger partial charge in [-0.25, -0.2) is 9.88 Å². The molecule has 0 spiro atoms. The van der Waals surface area contributed by atoms with Crippen LogP contribution < -0.4 is 5.32 Å². The first-order chi connectivity index (χ1) is 6.08. The van der Waals surface area contributed by atoms with E-state index >= 15 is 0 Å². The number of nitrogens with zero attached hydrogens (tertiary/aromatic N) is 1. The lowest BCUT2D eigenvalue weighted by Crippen LogP contribution is -2.28. The van der Waals surface area contributed by atoms with E-state index in [0.29, 0.717) is 6.42 Å². The Kier molecular flexibility index (Phi) is 4.35. The smallest absolute Gasteiger partial charge is 0.303 e. The molecule has 0 bridgehead atoms. The Morgan fingerprint density at radius 2 is 2.23 bits per heavy atom. The molecule has 0 aromatic heterocycles. The number of rotatable bonds is 4. The first-order valence-corrected chi connectivity index (χ1v) is 5.98. The molecule has 1 aliphatic heterocycles. The largest absolute Gasteiger partial charge is 0.469 e. The van der Waals surface area contributed by atoms with Crippen LogP contribution in [0.5, 0.6) is 0 Å². The Bertz CT molecular complexity index is 187. The number of hydrogen-bond acceptors (Lipinski definition) is 2. The average molecular weight is 208 g/mol. The third-order valence-corrected chi connectivity index (χ3v) is 2.56. The van der Waals surface area contributed by atoms with E-state index in [1.165, 1.54) is 0 Å². The second kappa shape index (κ2) is 5.08. The summed E-state index contributed by atoms with van der Waals surface area (Å²) in [7, 11) is -4.28. The molecule has 1 heterocycles. The fraction of sp³-hybridized carbons (Fsp3) is 1.00. The highest BCUT2D eigenvalue weighted by Crippen LogP contribution is 2.35. The molecule has 0 saturated carbocycles. The van der Waals surface area contributed by atoms with Gasteiger partial charge in [0.2, 0.25) is 0 Å². The maximum Gasteiger partial charge on any atom is 0.469 e. The highest BCUT2D eigenvalue weighted by molar-refractivity contribution is 7.46. The first kappa shape index (κ1) is 11.1. The molecule has 0 amide bonds. The summed E-state index contributed by atoms with van der Waals surface area (Å²) in [5, 5.41) is 4.32. The molecule has 1 saturated heterocycles. The molecule has 0 aromatic carbocycles. The van der Waals surface area contributed by atoms with Crippen LogP contribution in [0, 0.1) is 0 Å². The van der Waals surface area contributed by atoms with Crippen molar-refractivity contribution in [1.82, 2.24) is 5.32 Å². The van der Waals surface area contributed by atoms with Gasteiger partial charge in [0.05, 0.1) is 6.61 Å². The minimum Gasteiger partial charge on any atom is -0.303 e. The van der Waals surface area contributed by atoms with Gasteiger partial charge in [0, 0.05) is 12.6 Å². The molecule has 13 heavy (non-hydrogen) atoms. The Morgan fingerprint density at radius 3 is 2.77 bits per heavy atom. The van der Waals surface area contributed by atoms with E-state index in [0.717, 1.165) is 25.8 Å². The Morgan fingerprint density at radius 1 is 1.46 bits per heavy atom. The lowest BCUT2D eigenvalue weighted by molar-refractivity contribution is 0.183. The predicted molar refractivity (Wildman–Crippen MR) is 47.3 cm³/mol. The predicted octanol–water partition coefficient (Wildman–Crippen LogP) is 0.643. The molecule has 1 atom stereocenters. The number of phosphoric acid groups is 1. The van der Waals surface area contributed by atoms with Gasteiger partial charge < -0.3 is 9.79 Å². The average Bonchev–Trinajstić information content (AvgIpc) is 2.04. The second-order valence-corrected chi connectivity index (χ2v) is 4.41. The van der Waals surface area contributed by atoms with Gasteiger partial charge in [-0.3, -0.25) is 4.52 Å². The molecule has 0 aromatic rings. The minimum atomic E-state index is -4.28. The van der Waals surface area contributed by atoms with Gasteiger partial charge in [-0.05, 0) is 19.3 Å². The number of piperidine rings is 1. The molecule has 6 heteroatoms. The summed E-state index contributed by atoms with van der Waals surface area (Å²) in [6.45, 7) is 0.971. The zero-order valence-corrected chi connectivity index (χ0v) is 8.32. The summed E-state index contributed by atoms with van der Waals surface area (Å²) >= 11 is 0. The topological polar surface area (TPSA) is 80.9 Å². The van der Waals surface area contributed by atoms with Crippen LogP contribution in [0.15, 0.2) is 0 Å². The molecule has 2 N–H and O–H groups in total. The Balaban J connectivity index is 2.08. The molecule has 1 aliphatic rings. The lowest BCUT2D eigenvalue weighted by Gasteiger charge is -2.21. The van der Waals surface area contributed by atoms with Crippen molar-refractivity contribution < 1.29 is 18.9 Å². The van der Waals surface area contributed by atoms with Crippen LogP contribution in [0.3, 0.4) is 0 Å². The van der Waals surface area contributed by atoms with E-state index in [-0.39, 0.29) is 12.6 Å². The quantitative estimate of drug-likeness (QED) is 0.664. The Labute approximate surface area is 77.7 Å². The van der Waals surface area contributed by atoms with Crippen molar-refractivity contribution in [3.63, 3.8) is 0 Å². The van der Waals surface area contributed by atoms with E-state index < -0.39 is 7.82 Å². The van der Waals surface area contributed by atoms with Crippen LogP contribution in [-0.4, -0.2) is 29.0 Å². The van der Waals surface area contributed by atoms with Crippen molar-refractivity contribution in [2.24, 2.45) is 0 Å². The summed E-state index contributed by atoms with van der Waals surface area (Å²) < 4.78 is 14.7. The van der Waals surface area contributed by atoms with Crippen molar-refractivity contribution in [2.75, 3.05) is 13.2 Å². The van der Waals surface area contributed by atoms with E-state index in [1.807, 2.05) is 0 Å². The normalized spacial score (nSPS) is 24.6. The fourth-order valence-electron chi connectivity index (χ4n) is 1.40. The molecular formula is C7H15NO4P. The van der Waals surface area contributed by atoms with Crippen LogP contribution >= 0.6 is 7.82 Å². The lowest BCUT2D eigenvalue weighted by atomic mass is 10.0. The first-order valence-electron chi connectivity index (χ1n) is 4.44. The summed E-state index contributed by atoms with van der Waals surface area (Å²) in [6.07, 6.45) is 3.93. The Hall–Kier alpha value is 0.0700. The standard InChI is InChI=1S/C7H15NO4P/c9-13(10,11)12-6-4-7-3-1-2-5-8-7/h7H,1-6H2,(H2,9,10,11). The molecule has 5 nitrogen and oxygen atoms in total. The number of phosphoric ester groups is 1. The van der Waals surface area contributed by atoms with Crippen LogP contribution in [-0.2, 0) is 9.09 Å². The van der Waals surface area contributed by atoms with E-state index in [1.54, 1.807) is 0 Å². The van der Waals surface area contributed by atoms with Crippen LogP contribution in [0.2, 0.25) is 0 Å². The van der Waals surface area contributed by atoms with Gasteiger partial charge in [0.15, 0.2) is 0 Å². The number of hydrogen-bond donors (Lipinski definition) is 2. The summed E-state index contributed by atoms with van der Waals surface area (Å²) in [5.74, 6) is 0. The highest BCUT2D eigenvalue weighted by Gasteiger charge is 2.17. The molecule has 1 unspecified atom stereocenters. The molecular weight excluding hydrogens is 193 g/mol. The second-order valence-electron chi connectivity index (χ2n) is 3.17. The van der Waals surface area contributed by atoms with Gasteiger partial charge in [0.25, 0.3) is 0 Å². The third-order valence-electron chi connectivity index (χ3n) is 2.04. The molecule has 1 fully saturated rings. The van der Waals surface area contributed by atoms with Gasteiger partial charge in [-0.1, -0.05) is 6.42 Å². The summed E-state index contributed by atoms with van der Waals surface area (Å²) in [4.78, 5) is 16.8. The molecule has 0 aliphatic carbocycles. The highest BCUT2D eigenvalue weighted by atomic mass is 31.2. The van der Waals surface area contributed by atoms with E-state index in [2.05, 4.69) is 9.84 Å². The maximum absolute atomic E-state index is 10.3. The fourth-order valence-corrected chi connectivity index (χ4v) is 1.74. The van der Waals surface area contributed by atoms with Crippen molar-refractivity contribution in [1.29, 1.82) is 0 Å². The van der Waals surface area contributed by atoms with Crippen molar-refractivity contribution >= 4 is 7.82 Å². The summed E-state index contributed by atoms with van der Waals surface area (Å²) in [5.41, 5.74) is 0. The van der Waals surface area contributed by atoms with Crippen molar-refractivity contribution in [2.45, 2.75) is 31.7 Å². The third kappa shape index (κ3) is 5.39. The van der Waals surface area contributed by atoms with E-state index in [9.17, 15) is 4.57 Å². The van der Waals surface area contributed by atoms with Crippen LogP contribution in [0.25, 0.3) is 0 Å². The molecule has 1 radical (unpaired) electrons. The van der Waals surface area contributed by atoms with Crippen molar-refractivity contribution in [3.05, 3.63) is 0 Å². The van der Waals surface area contributed by atoms with Crippen LogP contribution in [0.1, 0.15) is 25.7 Å². The minimum absolute atomic E-state index is 0.0957. The van der Waals surface area contributed by atoms with Crippen LogP contribution in [0.4, 0.5) is 0 Å².